The summed E-state index contributed by atoms with van der Waals surface area (Å²) in [6.07, 6.45) is 1.59. The monoisotopic (exact) mass is 374 g/mol. The standard InChI is InChI=1S/C11H8Br2N2OS/c1-6-14-5-10(17-6)11(16)15-9-3-2-7(12)4-8(9)13/h2-5H,1H3,(H,15,16). The zero-order valence-electron chi connectivity index (χ0n) is 8.83. The van der Waals surface area contributed by atoms with Gasteiger partial charge in [-0.15, -0.1) is 11.3 Å². The summed E-state index contributed by atoms with van der Waals surface area (Å²) in [5.74, 6) is -0.140. The molecule has 1 aromatic heterocycles. The summed E-state index contributed by atoms with van der Waals surface area (Å²) in [5.41, 5.74) is 0.740. The van der Waals surface area contributed by atoms with Gasteiger partial charge in [-0.2, -0.15) is 0 Å². The van der Waals surface area contributed by atoms with Gasteiger partial charge in [0.15, 0.2) is 0 Å². The zero-order chi connectivity index (χ0) is 12.4. The van der Waals surface area contributed by atoms with Crippen molar-refractivity contribution in [3.63, 3.8) is 0 Å². The fourth-order valence-corrected chi connectivity index (χ4v) is 3.06. The normalized spacial score (nSPS) is 10.3. The summed E-state index contributed by atoms with van der Waals surface area (Å²) in [6.45, 7) is 1.87. The lowest BCUT2D eigenvalue weighted by Gasteiger charge is -2.06. The molecule has 0 spiro atoms. The molecule has 1 aromatic carbocycles. The largest absolute Gasteiger partial charge is 0.320 e. The summed E-state index contributed by atoms with van der Waals surface area (Å²) in [7, 11) is 0. The van der Waals surface area contributed by atoms with Crippen LogP contribution in [0.3, 0.4) is 0 Å². The van der Waals surface area contributed by atoms with Gasteiger partial charge in [0, 0.05) is 8.95 Å². The number of carbonyl (C=O) groups is 1. The highest BCUT2D eigenvalue weighted by Gasteiger charge is 2.10. The van der Waals surface area contributed by atoms with Crippen LogP contribution in [-0.2, 0) is 0 Å². The fourth-order valence-electron chi connectivity index (χ4n) is 1.24. The Bertz CT molecular complexity index is 568. The van der Waals surface area contributed by atoms with Crippen LogP contribution in [0.15, 0.2) is 33.3 Å². The zero-order valence-corrected chi connectivity index (χ0v) is 12.8. The molecule has 6 heteroatoms. The maximum Gasteiger partial charge on any atom is 0.267 e. The Balaban J connectivity index is 2.18. The Kier molecular flexibility index (Phi) is 3.96. The number of nitrogens with zero attached hydrogens (tertiary/aromatic N) is 1. The van der Waals surface area contributed by atoms with E-state index in [-0.39, 0.29) is 5.91 Å². The molecule has 0 bridgehead atoms. The predicted octanol–water partition coefficient (Wildman–Crippen LogP) is 4.23. The molecule has 0 unspecified atom stereocenters. The number of anilines is 1. The van der Waals surface area contributed by atoms with Gasteiger partial charge in [-0.25, -0.2) is 4.98 Å². The third-order valence-corrected chi connectivity index (χ3v) is 4.09. The van der Waals surface area contributed by atoms with E-state index in [1.165, 1.54) is 11.3 Å². The lowest BCUT2D eigenvalue weighted by Crippen LogP contribution is -2.10. The first-order chi connectivity index (χ1) is 8.06. The number of carbonyl (C=O) groups excluding carboxylic acids is 1. The van der Waals surface area contributed by atoms with Crippen molar-refractivity contribution >= 4 is 54.8 Å². The number of rotatable bonds is 2. The quantitative estimate of drug-likeness (QED) is 0.853. The highest BCUT2D eigenvalue weighted by atomic mass is 79.9. The summed E-state index contributed by atoms with van der Waals surface area (Å²) < 4.78 is 1.79. The van der Waals surface area contributed by atoms with Gasteiger partial charge in [-0.1, -0.05) is 15.9 Å². The highest BCUT2D eigenvalue weighted by Crippen LogP contribution is 2.27. The molecule has 0 atom stereocenters. The molecule has 2 rings (SSSR count). The number of aryl methyl sites for hydroxylation is 1. The van der Waals surface area contributed by atoms with E-state index >= 15 is 0 Å². The average molecular weight is 376 g/mol. The summed E-state index contributed by atoms with van der Waals surface area (Å²) in [6, 6.07) is 5.59. The molecule has 0 aliphatic carbocycles. The molecule has 0 aliphatic rings. The first kappa shape index (κ1) is 12.7. The van der Waals surface area contributed by atoms with Gasteiger partial charge in [0.1, 0.15) is 4.88 Å². The molecular formula is C11H8Br2N2OS. The second kappa shape index (κ2) is 5.29. The second-order valence-corrected chi connectivity index (χ2v) is 6.33. The number of benzene rings is 1. The van der Waals surface area contributed by atoms with Gasteiger partial charge in [0.2, 0.25) is 0 Å². The van der Waals surface area contributed by atoms with Gasteiger partial charge >= 0.3 is 0 Å². The van der Waals surface area contributed by atoms with E-state index in [4.69, 9.17) is 0 Å². The van der Waals surface area contributed by atoms with Gasteiger partial charge in [-0.05, 0) is 41.1 Å². The molecule has 0 saturated carbocycles. The SMILES string of the molecule is Cc1ncc(C(=O)Nc2ccc(Br)cc2Br)s1. The number of aromatic nitrogens is 1. The van der Waals surface area contributed by atoms with E-state index in [0.717, 1.165) is 19.6 Å². The first-order valence-corrected chi connectivity index (χ1v) is 7.15. The van der Waals surface area contributed by atoms with Crippen LogP contribution in [0.5, 0.6) is 0 Å². The minimum Gasteiger partial charge on any atom is -0.320 e. The molecule has 88 valence electrons. The molecule has 3 nitrogen and oxygen atoms in total. The van der Waals surface area contributed by atoms with Crippen molar-refractivity contribution in [3.8, 4) is 0 Å². The summed E-state index contributed by atoms with van der Waals surface area (Å²) in [4.78, 5) is 16.6. The average Bonchev–Trinajstić information content (AvgIpc) is 2.69. The highest BCUT2D eigenvalue weighted by molar-refractivity contribution is 9.11. The lowest BCUT2D eigenvalue weighted by atomic mass is 10.3. The molecule has 0 saturated heterocycles. The topological polar surface area (TPSA) is 42.0 Å². The minimum absolute atomic E-state index is 0.140. The molecule has 2 aromatic rings. The Morgan fingerprint density at radius 2 is 2.18 bits per heavy atom. The van der Waals surface area contributed by atoms with Crippen molar-refractivity contribution in [1.82, 2.24) is 4.98 Å². The number of hydrogen-bond donors (Lipinski definition) is 1. The maximum atomic E-state index is 11.9. The van der Waals surface area contributed by atoms with Crippen molar-refractivity contribution in [2.24, 2.45) is 0 Å². The van der Waals surface area contributed by atoms with Crippen LogP contribution in [-0.4, -0.2) is 10.9 Å². The minimum atomic E-state index is -0.140. The molecule has 1 amide bonds. The van der Waals surface area contributed by atoms with Gasteiger partial charge in [0.25, 0.3) is 5.91 Å². The van der Waals surface area contributed by atoms with Crippen LogP contribution in [0.1, 0.15) is 14.7 Å². The van der Waals surface area contributed by atoms with E-state index in [1.54, 1.807) is 6.20 Å². The van der Waals surface area contributed by atoms with E-state index in [0.29, 0.717) is 4.88 Å². The number of halogens is 2. The lowest BCUT2D eigenvalue weighted by molar-refractivity contribution is 0.103. The first-order valence-electron chi connectivity index (χ1n) is 4.75. The van der Waals surface area contributed by atoms with Crippen molar-refractivity contribution < 1.29 is 4.79 Å². The van der Waals surface area contributed by atoms with E-state index < -0.39 is 0 Å². The van der Waals surface area contributed by atoms with Crippen molar-refractivity contribution in [2.75, 3.05) is 5.32 Å². The maximum absolute atomic E-state index is 11.9. The third kappa shape index (κ3) is 3.14. The van der Waals surface area contributed by atoms with Gasteiger partial charge in [-0.3, -0.25) is 4.79 Å². The number of amides is 1. The smallest absolute Gasteiger partial charge is 0.267 e. The molecule has 0 fully saturated rings. The van der Waals surface area contributed by atoms with Crippen LogP contribution in [0.2, 0.25) is 0 Å². The van der Waals surface area contributed by atoms with E-state index in [9.17, 15) is 4.79 Å². The second-order valence-electron chi connectivity index (χ2n) is 3.32. The van der Waals surface area contributed by atoms with Crippen molar-refractivity contribution in [1.29, 1.82) is 0 Å². The predicted molar refractivity (Wildman–Crippen MR) is 76.6 cm³/mol. The Morgan fingerprint density at radius 3 is 2.76 bits per heavy atom. The summed E-state index contributed by atoms with van der Waals surface area (Å²) >= 11 is 8.13. The number of hydrogen-bond acceptors (Lipinski definition) is 3. The molecule has 0 aliphatic heterocycles. The van der Waals surface area contributed by atoms with Crippen LogP contribution in [0.25, 0.3) is 0 Å². The molecule has 17 heavy (non-hydrogen) atoms. The van der Waals surface area contributed by atoms with Crippen LogP contribution < -0.4 is 5.32 Å². The Hall–Kier alpha value is -0.720. The number of nitrogens with one attached hydrogen (secondary N) is 1. The third-order valence-electron chi connectivity index (χ3n) is 2.02. The van der Waals surface area contributed by atoms with Crippen LogP contribution >= 0.6 is 43.2 Å². The van der Waals surface area contributed by atoms with Crippen LogP contribution in [0, 0.1) is 6.92 Å². The van der Waals surface area contributed by atoms with Gasteiger partial charge in [0.05, 0.1) is 16.9 Å². The number of thiazole rings is 1. The molecule has 0 radical (unpaired) electrons. The van der Waals surface area contributed by atoms with Crippen molar-refractivity contribution in [3.05, 3.63) is 43.2 Å². The van der Waals surface area contributed by atoms with E-state index in [1.807, 2.05) is 25.1 Å². The Morgan fingerprint density at radius 1 is 1.41 bits per heavy atom. The summed E-state index contributed by atoms with van der Waals surface area (Å²) in [5, 5.41) is 3.71. The molecule has 1 heterocycles. The van der Waals surface area contributed by atoms with Gasteiger partial charge < -0.3 is 5.32 Å². The van der Waals surface area contributed by atoms with Crippen molar-refractivity contribution in [2.45, 2.75) is 6.92 Å². The van der Waals surface area contributed by atoms with Crippen LogP contribution in [0.4, 0.5) is 5.69 Å². The molecule has 1 N–H and O–H groups in total. The fraction of sp³-hybridized carbons (Fsp3) is 0.0909. The molecular weight excluding hydrogens is 368 g/mol. The Labute approximate surface area is 120 Å². The van der Waals surface area contributed by atoms with E-state index in [2.05, 4.69) is 42.2 Å².